The molecule has 0 unspecified atom stereocenters. The van der Waals surface area contributed by atoms with Gasteiger partial charge in [0.15, 0.2) is 5.69 Å². The number of rotatable bonds is 8. The van der Waals surface area contributed by atoms with E-state index in [0.717, 1.165) is 44.6 Å². The summed E-state index contributed by atoms with van der Waals surface area (Å²) in [6.45, 7) is 0.599. The molecule has 4 aromatic rings. The number of carboxylic acid groups (broad SMARTS) is 1. The van der Waals surface area contributed by atoms with Crippen molar-refractivity contribution >= 4 is 22.9 Å². The summed E-state index contributed by atoms with van der Waals surface area (Å²) in [7, 11) is 0. The highest BCUT2D eigenvalue weighted by Crippen LogP contribution is 2.61. The number of carbonyl (C=O) groups is 1. The average molecular weight is 576 g/mol. The first-order valence-corrected chi connectivity index (χ1v) is 14.2. The Bertz CT molecular complexity index is 1690. The molecule has 0 amide bonds. The van der Waals surface area contributed by atoms with Crippen LogP contribution in [-0.2, 0) is 6.18 Å². The van der Waals surface area contributed by atoms with Crippen molar-refractivity contribution in [2.75, 3.05) is 6.61 Å². The Labute approximate surface area is 239 Å². The van der Waals surface area contributed by atoms with Gasteiger partial charge in [-0.25, -0.2) is 4.79 Å². The van der Waals surface area contributed by atoms with E-state index in [2.05, 4.69) is 21.4 Å². The zero-order valence-electron chi connectivity index (χ0n) is 22.6. The van der Waals surface area contributed by atoms with Crippen molar-refractivity contribution in [3.05, 3.63) is 77.2 Å². The number of aromatic carboxylic acids is 1. The second-order valence-corrected chi connectivity index (χ2v) is 12.0. The molecule has 10 heteroatoms. The van der Waals surface area contributed by atoms with Gasteiger partial charge in [-0.15, -0.1) is 10.2 Å². The van der Waals surface area contributed by atoms with E-state index in [-0.39, 0.29) is 22.9 Å². The fourth-order valence-corrected chi connectivity index (χ4v) is 6.70. The van der Waals surface area contributed by atoms with E-state index >= 15 is 0 Å². The zero-order valence-corrected chi connectivity index (χ0v) is 22.6. The molecule has 0 atom stereocenters. The standard InChI is InChI=1S/C32H28F3N3O4/c33-32(34,35)25-4-2-1-3-23(25)28-24(29(42-38-28)20-6-7-20)10-5-18-13-31(14-18)15-19(16-31)17-41-22-9-8-21-11-27(30(39)40)37-36-26(21)12-22/h1-5,8-12,18-20H,6-7,13-17H2,(H,39,40)/b10-5+. The van der Waals surface area contributed by atoms with Crippen LogP contribution in [-0.4, -0.2) is 33.0 Å². The highest BCUT2D eigenvalue weighted by atomic mass is 19.4. The fourth-order valence-electron chi connectivity index (χ4n) is 6.70. The van der Waals surface area contributed by atoms with Gasteiger partial charge in [0.05, 0.1) is 17.7 Å². The smallest absolute Gasteiger partial charge is 0.417 e. The molecule has 1 spiro atoms. The number of hydrogen-bond donors (Lipinski definition) is 1. The Kier molecular flexibility index (Phi) is 6.32. The van der Waals surface area contributed by atoms with Gasteiger partial charge in [-0.05, 0) is 80.0 Å². The van der Waals surface area contributed by atoms with E-state index in [1.54, 1.807) is 18.2 Å². The molecule has 3 fully saturated rings. The monoisotopic (exact) mass is 575 g/mol. The van der Waals surface area contributed by atoms with E-state index in [0.29, 0.717) is 51.8 Å². The van der Waals surface area contributed by atoms with Crippen LogP contribution in [0.2, 0.25) is 0 Å². The molecule has 3 aliphatic carbocycles. The number of fused-ring (bicyclic) bond motifs is 1. The van der Waals surface area contributed by atoms with Crippen LogP contribution >= 0.6 is 0 Å². The normalized spacial score (nSPS) is 23.7. The predicted molar refractivity (Wildman–Crippen MR) is 148 cm³/mol. The summed E-state index contributed by atoms with van der Waals surface area (Å²) in [4.78, 5) is 11.1. The van der Waals surface area contributed by atoms with Crippen LogP contribution in [0.15, 0.2) is 59.1 Å². The number of alkyl halides is 3. The van der Waals surface area contributed by atoms with E-state index in [4.69, 9.17) is 14.4 Å². The largest absolute Gasteiger partial charge is 0.493 e. The van der Waals surface area contributed by atoms with Gasteiger partial charge >= 0.3 is 12.1 Å². The second kappa shape index (κ2) is 9.96. The number of halogens is 3. The number of nitrogens with zero attached hydrogens (tertiary/aromatic N) is 3. The molecule has 216 valence electrons. The van der Waals surface area contributed by atoms with Crippen molar-refractivity contribution in [2.24, 2.45) is 17.3 Å². The Morgan fingerprint density at radius 3 is 2.60 bits per heavy atom. The number of allylic oxidation sites excluding steroid dienone is 1. The summed E-state index contributed by atoms with van der Waals surface area (Å²) in [5.41, 5.74) is 1.08. The average Bonchev–Trinajstić information content (AvgIpc) is 3.69. The predicted octanol–water partition coefficient (Wildman–Crippen LogP) is 7.78. The van der Waals surface area contributed by atoms with E-state index in [9.17, 15) is 18.0 Å². The van der Waals surface area contributed by atoms with Crippen LogP contribution in [0.3, 0.4) is 0 Å². The number of carboxylic acids is 1. The van der Waals surface area contributed by atoms with Crippen molar-refractivity contribution in [3.8, 4) is 17.0 Å². The lowest BCUT2D eigenvalue weighted by Gasteiger charge is -2.57. The SMILES string of the molecule is O=C(O)c1cc2ccc(OCC3CC4(CC(/C=C/c5c(-c6ccccc6C(F)(F)F)noc5C5CC5)C4)C3)cc2nn1. The molecule has 2 heterocycles. The van der Waals surface area contributed by atoms with E-state index in [1.165, 1.54) is 18.2 Å². The van der Waals surface area contributed by atoms with Crippen molar-refractivity contribution < 1.29 is 32.3 Å². The summed E-state index contributed by atoms with van der Waals surface area (Å²) in [6.07, 6.45) is 5.77. The van der Waals surface area contributed by atoms with Gasteiger partial charge in [-0.1, -0.05) is 35.5 Å². The van der Waals surface area contributed by atoms with Gasteiger partial charge in [-0.3, -0.25) is 0 Å². The van der Waals surface area contributed by atoms with E-state index in [1.807, 2.05) is 12.1 Å². The number of aromatic nitrogens is 3. The Hall–Kier alpha value is -4.21. The molecule has 0 aliphatic heterocycles. The van der Waals surface area contributed by atoms with Gasteiger partial charge in [0.25, 0.3) is 0 Å². The minimum atomic E-state index is -4.48. The Balaban J connectivity index is 0.967. The first-order valence-electron chi connectivity index (χ1n) is 14.2. The maximum Gasteiger partial charge on any atom is 0.417 e. The number of hydrogen-bond acceptors (Lipinski definition) is 6. The van der Waals surface area contributed by atoms with Crippen molar-refractivity contribution in [2.45, 2.75) is 50.6 Å². The third-order valence-corrected chi connectivity index (χ3v) is 8.82. The summed E-state index contributed by atoms with van der Waals surface area (Å²) < 4.78 is 52.8. The molecular formula is C32H28F3N3O4. The highest BCUT2D eigenvalue weighted by Gasteiger charge is 2.52. The fraction of sp³-hybridized carbons (Fsp3) is 0.375. The third-order valence-electron chi connectivity index (χ3n) is 8.82. The van der Waals surface area contributed by atoms with Gasteiger partial charge in [0, 0.05) is 28.5 Å². The lowest BCUT2D eigenvalue weighted by atomic mass is 9.48. The molecule has 0 bridgehead atoms. The first-order chi connectivity index (χ1) is 20.2. The summed E-state index contributed by atoms with van der Waals surface area (Å²) in [5, 5.41) is 21.6. The van der Waals surface area contributed by atoms with Crippen LogP contribution in [0, 0.1) is 17.3 Å². The van der Waals surface area contributed by atoms with Crippen LogP contribution < -0.4 is 4.74 Å². The van der Waals surface area contributed by atoms with Gasteiger partial charge in [0.1, 0.15) is 17.2 Å². The molecule has 7 nitrogen and oxygen atoms in total. The number of benzene rings is 2. The van der Waals surface area contributed by atoms with Crippen LogP contribution in [0.4, 0.5) is 13.2 Å². The van der Waals surface area contributed by atoms with Crippen LogP contribution in [0.5, 0.6) is 5.75 Å². The van der Waals surface area contributed by atoms with Gasteiger partial charge < -0.3 is 14.4 Å². The topological polar surface area (TPSA) is 98.3 Å². The molecule has 2 aromatic heterocycles. The Morgan fingerprint density at radius 2 is 1.86 bits per heavy atom. The molecule has 2 aromatic carbocycles. The Morgan fingerprint density at radius 1 is 1.07 bits per heavy atom. The first kappa shape index (κ1) is 26.7. The molecule has 3 aliphatic rings. The maximum absolute atomic E-state index is 13.7. The molecule has 1 N–H and O–H groups in total. The molecule has 3 saturated carbocycles. The highest BCUT2D eigenvalue weighted by molar-refractivity contribution is 5.90. The van der Waals surface area contributed by atoms with E-state index < -0.39 is 17.7 Å². The molecule has 0 radical (unpaired) electrons. The van der Waals surface area contributed by atoms with Crippen molar-refractivity contribution in [1.29, 1.82) is 0 Å². The number of ether oxygens (including phenoxy) is 1. The third kappa shape index (κ3) is 5.03. The lowest BCUT2D eigenvalue weighted by molar-refractivity contribution is -0.137. The van der Waals surface area contributed by atoms with Gasteiger partial charge in [0.2, 0.25) is 0 Å². The zero-order chi connectivity index (χ0) is 29.1. The lowest BCUT2D eigenvalue weighted by Crippen LogP contribution is -2.48. The minimum absolute atomic E-state index is 0.0516. The van der Waals surface area contributed by atoms with Gasteiger partial charge in [-0.2, -0.15) is 13.2 Å². The van der Waals surface area contributed by atoms with Crippen LogP contribution in [0.1, 0.15) is 71.8 Å². The quantitative estimate of drug-likeness (QED) is 0.229. The van der Waals surface area contributed by atoms with Crippen LogP contribution in [0.25, 0.3) is 28.2 Å². The molecule has 7 rings (SSSR count). The molecule has 42 heavy (non-hydrogen) atoms. The summed E-state index contributed by atoms with van der Waals surface area (Å²) in [5.74, 6) is 1.30. The van der Waals surface area contributed by atoms with Crippen molar-refractivity contribution in [1.82, 2.24) is 15.4 Å². The molecule has 0 saturated heterocycles. The minimum Gasteiger partial charge on any atom is -0.493 e. The summed E-state index contributed by atoms with van der Waals surface area (Å²) >= 11 is 0. The summed E-state index contributed by atoms with van der Waals surface area (Å²) in [6, 6.07) is 12.4. The molecular weight excluding hydrogens is 547 g/mol. The maximum atomic E-state index is 13.7. The second-order valence-electron chi connectivity index (χ2n) is 12.0. The van der Waals surface area contributed by atoms with Crippen molar-refractivity contribution in [3.63, 3.8) is 0 Å².